The summed E-state index contributed by atoms with van der Waals surface area (Å²) in [7, 11) is 0. The minimum Gasteiger partial charge on any atom is -0.465 e. The average molecular weight is 413 g/mol. The second-order valence-electron chi connectivity index (χ2n) is 4.83. The molecule has 9 nitrogen and oxygen atoms in total. The van der Waals surface area contributed by atoms with E-state index in [4.69, 9.17) is 4.74 Å². The minimum absolute atomic E-state index is 0.0375. The molecule has 0 unspecified atom stereocenters. The Balaban J connectivity index is 1.74. The Morgan fingerprint density at radius 1 is 1.19 bits per heavy atom. The summed E-state index contributed by atoms with van der Waals surface area (Å²) in [6.07, 6.45) is 0. The number of carbonyl (C=O) groups is 3. The van der Waals surface area contributed by atoms with E-state index in [0.29, 0.717) is 10.0 Å². The molecular weight excluding hydrogens is 397 g/mol. The van der Waals surface area contributed by atoms with Crippen LogP contribution in [-0.2, 0) is 14.3 Å². The highest BCUT2D eigenvalue weighted by atomic mass is 32.2. The number of halogens is 1. The molecule has 2 rings (SSSR count). The molecule has 0 bridgehead atoms. The number of esters is 1. The van der Waals surface area contributed by atoms with Crippen molar-refractivity contribution in [1.29, 1.82) is 0 Å². The van der Waals surface area contributed by atoms with Crippen LogP contribution in [0.3, 0.4) is 0 Å². The van der Waals surface area contributed by atoms with Crippen LogP contribution in [0.5, 0.6) is 0 Å². The van der Waals surface area contributed by atoms with Crippen molar-refractivity contribution in [2.24, 2.45) is 0 Å². The first-order valence-electron chi connectivity index (χ1n) is 7.68. The molecule has 0 aliphatic heterocycles. The molecule has 1 aromatic carbocycles. The van der Waals surface area contributed by atoms with Crippen molar-refractivity contribution in [3.8, 4) is 0 Å². The lowest BCUT2D eigenvalue weighted by molar-refractivity contribution is -0.143. The highest BCUT2D eigenvalue weighted by Gasteiger charge is 2.11. The molecule has 0 radical (unpaired) electrons. The summed E-state index contributed by atoms with van der Waals surface area (Å²) in [5.41, 5.74) is 0.422. The first kappa shape index (κ1) is 20.6. The number of urea groups is 1. The Labute approximate surface area is 162 Å². The van der Waals surface area contributed by atoms with E-state index in [1.807, 2.05) is 0 Å². The Hall–Kier alpha value is -2.73. The fraction of sp³-hybridized carbons (Fsp3) is 0.267. The van der Waals surface area contributed by atoms with Gasteiger partial charge in [-0.05, 0) is 31.2 Å². The number of benzene rings is 1. The molecular formula is C15H16FN5O4S2. The maximum atomic E-state index is 12.8. The van der Waals surface area contributed by atoms with Gasteiger partial charge in [0.1, 0.15) is 12.4 Å². The third-order valence-corrected chi connectivity index (χ3v) is 4.76. The van der Waals surface area contributed by atoms with Gasteiger partial charge in [-0.3, -0.25) is 14.9 Å². The molecule has 12 heteroatoms. The van der Waals surface area contributed by atoms with E-state index in [-0.39, 0.29) is 29.9 Å². The maximum Gasteiger partial charge on any atom is 0.325 e. The topological polar surface area (TPSA) is 122 Å². The van der Waals surface area contributed by atoms with Crippen LogP contribution in [0.2, 0.25) is 0 Å². The SMILES string of the molecule is CCOC(=O)CNC(=O)CSc1nnc(NC(=O)Nc2ccc(F)cc2)s1. The van der Waals surface area contributed by atoms with Crippen LogP contribution in [-0.4, -0.2) is 47.0 Å². The smallest absolute Gasteiger partial charge is 0.325 e. The zero-order valence-electron chi connectivity index (χ0n) is 14.2. The Morgan fingerprint density at radius 2 is 1.93 bits per heavy atom. The number of amides is 3. The van der Waals surface area contributed by atoms with Gasteiger partial charge >= 0.3 is 12.0 Å². The summed E-state index contributed by atoms with van der Waals surface area (Å²) in [4.78, 5) is 34.6. The Kier molecular flexibility index (Phi) is 7.95. The van der Waals surface area contributed by atoms with Gasteiger partial charge < -0.3 is 15.4 Å². The van der Waals surface area contributed by atoms with E-state index in [0.717, 1.165) is 23.1 Å². The zero-order chi connectivity index (χ0) is 19.6. The van der Waals surface area contributed by atoms with Crippen LogP contribution in [0, 0.1) is 5.82 Å². The number of rotatable bonds is 8. The number of hydrogen-bond donors (Lipinski definition) is 3. The molecule has 0 aliphatic carbocycles. The molecule has 1 aromatic heterocycles. The maximum absolute atomic E-state index is 12.8. The second kappa shape index (κ2) is 10.4. The van der Waals surface area contributed by atoms with Gasteiger partial charge in [0.05, 0.1) is 12.4 Å². The van der Waals surface area contributed by atoms with E-state index < -0.39 is 17.8 Å². The lowest BCUT2D eigenvalue weighted by Gasteiger charge is -2.04. The summed E-state index contributed by atoms with van der Waals surface area (Å²) in [6, 6.07) is 4.74. The van der Waals surface area contributed by atoms with Crippen LogP contribution in [0.4, 0.5) is 20.0 Å². The number of ether oxygens (including phenoxy) is 1. The highest BCUT2D eigenvalue weighted by Crippen LogP contribution is 2.25. The van der Waals surface area contributed by atoms with E-state index in [2.05, 4.69) is 26.1 Å². The van der Waals surface area contributed by atoms with Crippen molar-refractivity contribution in [2.75, 3.05) is 29.5 Å². The van der Waals surface area contributed by atoms with Crippen LogP contribution < -0.4 is 16.0 Å². The van der Waals surface area contributed by atoms with Crippen LogP contribution in [0.15, 0.2) is 28.6 Å². The monoisotopic (exact) mass is 413 g/mol. The van der Waals surface area contributed by atoms with Crippen molar-refractivity contribution >= 4 is 51.8 Å². The molecule has 0 aliphatic rings. The Morgan fingerprint density at radius 3 is 2.63 bits per heavy atom. The normalized spacial score (nSPS) is 10.1. The van der Waals surface area contributed by atoms with E-state index in [1.54, 1.807) is 6.92 Å². The summed E-state index contributed by atoms with van der Waals surface area (Å²) >= 11 is 2.20. The third kappa shape index (κ3) is 7.58. The first-order chi connectivity index (χ1) is 13.0. The van der Waals surface area contributed by atoms with Crippen LogP contribution >= 0.6 is 23.1 Å². The minimum atomic E-state index is -0.554. The summed E-state index contributed by atoms with van der Waals surface area (Å²) in [6.45, 7) is 1.73. The number of aromatic nitrogens is 2. The molecule has 0 saturated heterocycles. The fourth-order valence-corrected chi connectivity index (χ4v) is 3.25. The van der Waals surface area contributed by atoms with Gasteiger partial charge in [0.15, 0.2) is 4.34 Å². The number of nitrogens with one attached hydrogen (secondary N) is 3. The van der Waals surface area contributed by atoms with E-state index in [9.17, 15) is 18.8 Å². The number of hydrogen-bond acceptors (Lipinski definition) is 8. The van der Waals surface area contributed by atoms with Gasteiger partial charge in [0.2, 0.25) is 11.0 Å². The van der Waals surface area contributed by atoms with Crippen LogP contribution in [0.1, 0.15) is 6.92 Å². The van der Waals surface area contributed by atoms with Gasteiger partial charge in [-0.25, -0.2) is 9.18 Å². The molecule has 0 spiro atoms. The molecule has 3 N–H and O–H groups in total. The summed E-state index contributed by atoms with van der Waals surface area (Å²) in [5, 5.41) is 15.3. The Bertz CT molecular complexity index is 800. The van der Waals surface area contributed by atoms with Crippen molar-refractivity contribution in [1.82, 2.24) is 15.5 Å². The molecule has 3 amide bonds. The van der Waals surface area contributed by atoms with Gasteiger partial charge in [0, 0.05) is 5.69 Å². The molecule has 144 valence electrons. The molecule has 1 heterocycles. The van der Waals surface area contributed by atoms with Gasteiger partial charge in [0.25, 0.3) is 0 Å². The molecule has 0 atom stereocenters. The number of carbonyl (C=O) groups excluding carboxylic acids is 3. The molecule has 27 heavy (non-hydrogen) atoms. The largest absolute Gasteiger partial charge is 0.465 e. The third-order valence-electron chi connectivity index (χ3n) is 2.79. The molecule has 2 aromatic rings. The lowest BCUT2D eigenvalue weighted by atomic mass is 10.3. The van der Waals surface area contributed by atoms with Crippen LogP contribution in [0.25, 0.3) is 0 Å². The van der Waals surface area contributed by atoms with E-state index in [1.165, 1.54) is 24.3 Å². The van der Waals surface area contributed by atoms with Crippen molar-refractivity contribution < 1.29 is 23.5 Å². The fourth-order valence-electron chi connectivity index (χ4n) is 1.67. The van der Waals surface area contributed by atoms with Gasteiger partial charge in [-0.2, -0.15) is 0 Å². The average Bonchev–Trinajstić information content (AvgIpc) is 3.07. The first-order valence-corrected chi connectivity index (χ1v) is 9.48. The van der Waals surface area contributed by atoms with Crippen molar-refractivity contribution in [3.05, 3.63) is 30.1 Å². The predicted octanol–water partition coefficient (Wildman–Crippen LogP) is 2.09. The standard InChI is InChI=1S/C15H16FN5O4S2/c1-2-25-12(23)7-17-11(22)8-26-15-21-20-14(27-15)19-13(24)18-10-5-3-9(16)4-6-10/h3-6H,2,7-8H2,1H3,(H,17,22)(H2,18,19,20,24). The van der Waals surface area contributed by atoms with Crippen molar-refractivity contribution in [2.45, 2.75) is 11.3 Å². The van der Waals surface area contributed by atoms with Gasteiger partial charge in [-0.15, -0.1) is 10.2 Å². The van der Waals surface area contributed by atoms with E-state index >= 15 is 0 Å². The molecule has 0 saturated carbocycles. The zero-order valence-corrected chi connectivity index (χ0v) is 15.8. The quantitative estimate of drug-likeness (QED) is 0.344. The number of nitrogens with zero attached hydrogens (tertiary/aromatic N) is 2. The summed E-state index contributed by atoms with van der Waals surface area (Å²) < 4.78 is 18.0. The summed E-state index contributed by atoms with van der Waals surface area (Å²) in [5.74, 6) is -1.23. The highest BCUT2D eigenvalue weighted by molar-refractivity contribution is 8.01. The second-order valence-corrected chi connectivity index (χ2v) is 7.03. The molecule has 0 fully saturated rings. The van der Waals surface area contributed by atoms with Gasteiger partial charge in [-0.1, -0.05) is 23.1 Å². The number of thioether (sulfide) groups is 1. The lowest BCUT2D eigenvalue weighted by Crippen LogP contribution is -2.31. The van der Waals surface area contributed by atoms with Crippen molar-refractivity contribution in [3.63, 3.8) is 0 Å². The predicted molar refractivity (Wildman–Crippen MR) is 99.3 cm³/mol. The number of anilines is 2.